The van der Waals surface area contributed by atoms with Crippen molar-refractivity contribution in [3.05, 3.63) is 58.1 Å². The molecular weight excluding hydrogens is 449 g/mol. The van der Waals surface area contributed by atoms with Gasteiger partial charge in [0.15, 0.2) is 0 Å². The predicted octanol–water partition coefficient (Wildman–Crippen LogP) is 5.10. The summed E-state index contributed by atoms with van der Waals surface area (Å²) in [6.45, 7) is 5.09. The van der Waals surface area contributed by atoms with E-state index in [9.17, 15) is 9.59 Å². The third-order valence-electron chi connectivity index (χ3n) is 5.25. The van der Waals surface area contributed by atoms with Crippen molar-refractivity contribution in [2.24, 2.45) is 0 Å². The Morgan fingerprint density at radius 1 is 1.09 bits per heavy atom. The Balaban J connectivity index is 1.57. The van der Waals surface area contributed by atoms with E-state index in [1.54, 1.807) is 18.2 Å². The smallest absolute Gasteiger partial charge is 0.248 e. The normalized spacial score (nSPS) is 14.0. The van der Waals surface area contributed by atoms with Gasteiger partial charge in [-0.15, -0.1) is 0 Å². The van der Waals surface area contributed by atoms with Gasteiger partial charge in [0.25, 0.3) is 0 Å². The van der Waals surface area contributed by atoms with Crippen LogP contribution in [0, 0.1) is 0 Å². The molecule has 0 aromatic heterocycles. The van der Waals surface area contributed by atoms with Gasteiger partial charge in [0.2, 0.25) is 11.8 Å². The second kappa shape index (κ2) is 11.2. The number of methoxy groups -OCH3 is 1. The van der Waals surface area contributed by atoms with E-state index in [-0.39, 0.29) is 11.8 Å². The molecule has 0 bridgehead atoms. The van der Waals surface area contributed by atoms with Gasteiger partial charge in [0, 0.05) is 60.6 Å². The average molecular weight is 476 g/mol. The van der Waals surface area contributed by atoms with Crippen LogP contribution in [0.5, 0.6) is 5.75 Å². The molecule has 8 heteroatoms. The van der Waals surface area contributed by atoms with Gasteiger partial charge in [-0.05, 0) is 48.9 Å². The SMILES string of the molecule is CCCC(=O)N1CCN(c2ccc(NC(=O)C=Cc3cc(Cl)cc(Cl)c3OC)cc2)CC1. The molecule has 0 radical (unpaired) electrons. The number of piperazine rings is 1. The summed E-state index contributed by atoms with van der Waals surface area (Å²) < 4.78 is 5.28. The molecule has 2 aromatic rings. The maximum Gasteiger partial charge on any atom is 0.248 e. The maximum atomic E-state index is 12.3. The van der Waals surface area contributed by atoms with Gasteiger partial charge in [-0.2, -0.15) is 0 Å². The van der Waals surface area contributed by atoms with Crippen molar-refractivity contribution in [2.45, 2.75) is 19.8 Å². The molecule has 0 atom stereocenters. The Kier molecular flexibility index (Phi) is 8.42. The molecule has 0 aliphatic carbocycles. The number of benzene rings is 2. The second-order valence-electron chi connectivity index (χ2n) is 7.50. The van der Waals surface area contributed by atoms with Crippen molar-refractivity contribution < 1.29 is 14.3 Å². The molecule has 1 aliphatic rings. The van der Waals surface area contributed by atoms with E-state index in [1.165, 1.54) is 13.2 Å². The summed E-state index contributed by atoms with van der Waals surface area (Å²) in [4.78, 5) is 28.6. The van der Waals surface area contributed by atoms with E-state index in [0.717, 1.165) is 38.3 Å². The van der Waals surface area contributed by atoms with Crippen molar-refractivity contribution in [3.8, 4) is 5.75 Å². The Labute approximate surface area is 198 Å². The Bertz CT molecular complexity index is 985. The number of halogens is 2. The van der Waals surface area contributed by atoms with E-state index in [4.69, 9.17) is 27.9 Å². The number of hydrogen-bond donors (Lipinski definition) is 1. The van der Waals surface area contributed by atoms with Crippen LogP contribution in [0.1, 0.15) is 25.3 Å². The zero-order valence-electron chi connectivity index (χ0n) is 18.2. The number of hydrogen-bond acceptors (Lipinski definition) is 4. The fraction of sp³-hybridized carbons (Fsp3) is 0.333. The fourth-order valence-electron chi connectivity index (χ4n) is 3.61. The van der Waals surface area contributed by atoms with Crippen LogP contribution < -0.4 is 15.0 Å². The minimum atomic E-state index is -0.279. The summed E-state index contributed by atoms with van der Waals surface area (Å²) >= 11 is 12.2. The third-order valence-corrected chi connectivity index (χ3v) is 5.75. The number of rotatable bonds is 7. The molecule has 1 heterocycles. The molecule has 0 saturated carbocycles. The Hall–Kier alpha value is -2.70. The van der Waals surface area contributed by atoms with Gasteiger partial charge in [-0.1, -0.05) is 30.1 Å². The maximum absolute atomic E-state index is 12.3. The third kappa shape index (κ3) is 6.17. The van der Waals surface area contributed by atoms with Crippen molar-refractivity contribution in [2.75, 3.05) is 43.5 Å². The molecule has 0 spiro atoms. The largest absolute Gasteiger partial charge is 0.495 e. The van der Waals surface area contributed by atoms with Gasteiger partial charge in [-0.3, -0.25) is 9.59 Å². The lowest BCUT2D eigenvalue weighted by molar-refractivity contribution is -0.131. The lowest BCUT2D eigenvalue weighted by atomic mass is 10.2. The van der Waals surface area contributed by atoms with E-state index < -0.39 is 0 Å². The summed E-state index contributed by atoms with van der Waals surface area (Å²) in [7, 11) is 1.51. The van der Waals surface area contributed by atoms with Gasteiger partial charge >= 0.3 is 0 Å². The molecule has 1 fully saturated rings. The topological polar surface area (TPSA) is 61.9 Å². The van der Waals surface area contributed by atoms with Crippen LogP contribution in [0.25, 0.3) is 6.08 Å². The number of nitrogens with one attached hydrogen (secondary N) is 1. The first-order valence-electron chi connectivity index (χ1n) is 10.6. The number of carbonyl (C=O) groups excluding carboxylic acids is 2. The first-order chi connectivity index (χ1) is 15.4. The summed E-state index contributed by atoms with van der Waals surface area (Å²) in [6.07, 6.45) is 4.51. The van der Waals surface area contributed by atoms with Gasteiger partial charge in [0.1, 0.15) is 5.75 Å². The Morgan fingerprint density at radius 2 is 1.78 bits per heavy atom. The minimum Gasteiger partial charge on any atom is -0.495 e. The number of nitrogens with zero attached hydrogens (tertiary/aromatic N) is 2. The first-order valence-corrected chi connectivity index (χ1v) is 11.3. The number of anilines is 2. The molecule has 0 unspecified atom stereocenters. The highest BCUT2D eigenvalue weighted by Gasteiger charge is 2.20. The molecule has 3 rings (SSSR count). The van der Waals surface area contributed by atoms with Crippen LogP contribution >= 0.6 is 23.2 Å². The summed E-state index contributed by atoms with van der Waals surface area (Å²) in [5.41, 5.74) is 2.38. The van der Waals surface area contributed by atoms with E-state index in [2.05, 4.69) is 10.2 Å². The molecular formula is C24H27Cl2N3O3. The molecule has 1 N–H and O–H groups in total. The first kappa shape index (κ1) is 24.0. The molecule has 170 valence electrons. The average Bonchev–Trinajstić information content (AvgIpc) is 2.78. The van der Waals surface area contributed by atoms with Crippen LogP contribution in [0.2, 0.25) is 10.0 Å². The summed E-state index contributed by atoms with van der Waals surface area (Å²) in [5.74, 6) is 0.413. The van der Waals surface area contributed by atoms with Crippen LogP contribution in [0.3, 0.4) is 0 Å². The molecule has 32 heavy (non-hydrogen) atoms. The number of ether oxygens (including phenoxy) is 1. The quantitative estimate of drug-likeness (QED) is 0.565. The van der Waals surface area contributed by atoms with Gasteiger partial charge < -0.3 is 19.9 Å². The molecule has 6 nitrogen and oxygen atoms in total. The highest BCUT2D eigenvalue weighted by Crippen LogP contribution is 2.33. The van der Waals surface area contributed by atoms with Gasteiger partial charge in [0.05, 0.1) is 12.1 Å². The van der Waals surface area contributed by atoms with Crippen LogP contribution in [0.15, 0.2) is 42.5 Å². The second-order valence-corrected chi connectivity index (χ2v) is 8.34. The lowest BCUT2D eigenvalue weighted by Gasteiger charge is -2.36. The van der Waals surface area contributed by atoms with E-state index in [0.29, 0.717) is 33.5 Å². The zero-order chi connectivity index (χ0) is 23.1. The highest BCUT2D eigenvalue weighted by atomic mass is 35.5. The zero-order valence-corrected chi connectivity index (χ0v) is 19.7. The van der Waals surface area contributed by atoms with Crippen LogP contribution in [-0.2, 0) is 9.59 Å². The monoisotopic (exact) mass is 475 g/mol. The van der Waals surface area contributed by atoms with E-state index >= 15 is 0 Å². The van der Waals surface area contributed by atoms with E-state index in [1.807, 2.05) is 36.1 Å². The van der Waals surface area contributed by atoms with Gasteiger partial charge in [-0.25, -0.2) is 0 Å². The van der Waals surface area contributed by atoms with Crippen molar-refractivity contribution >= 4 is 52.5 Å². The predicted molar refractivity (Wildman–Crippen MR) is 131 cm³/mol. The van der Waals surface area contributed by atoms with Crippen LogP contribution in [0.4, 0.5) is 11.4 Å². The summed E-state index contributed by atoms with van der Waals surface area (Å²) in [5, 5.41) is 3.68. The van der Waals surface area contributed by atoms with Crippen LogP contribution in [-0.4, -0.2) is 50.0 Å². The van der Waals surface area contributed by atoms with Crippen molar-refractivity contribution in [1.29, 1.82) is 0 Å². The Morgan fingerprint density at radius 3 is 2.41 bits per heavy atom. The molecule has 1 aliphatic heterocycles. The standard InChI is InChI=1S/C24H27Cl2N3O3/c1-3-4-23(31)29-13-11-28(12-14-29)20-8-6-19(7-9-20)27-22(30)10-5-17-15-18(25)16-21(26)24(17)32-2/h5-10,15-16H,3-4,11-14H2,1-2H3,(H,27,30). The molecule has 2 amide bonds. The highest BCUT2D eigenvalue weighted by molar-refractivity contribution is 6.36. The molecule has 1 saturated heterocycles. The lowest BCUT2D eigenvalue weighted by Crippen LogP contribution is -2.48. The molecule has 2 aromatic carbocycles. The van der Waals surface area contributed by atoms with Crippen molar-refractivity contribution in [3.63, 3.8) is 0 Å². The summed E-state index contributed by atoms with van der Waals surface area (Å²) in [6, 6.07) is 11.0. The fourth-order valence-corrected chi connectivity index (χ4v) is 4.20. The number of amides is 2. The minimum absolute atomic E-state index is 0.232. The van der Waals surface area contributed by atoms with Crippen molar-refractivity contribution in [1.82, 2.24) is 4.90 Å². The number of carbonyl (C=O) groups is 2.